The van der Waals surface area contributed by atoms with E-state index in [1.807, 2.05) is 0 Å². The minimum absolute atomic E-state index is 0.146. The summed E-state index contributed by atoms with van der Waals surface area (Å²) in [4.78, 5) is 20.6. The van der Waals surface area contributed by atoms with Crippen molar-refractivity contribution >= 4 is 24.4 Å². The van der Waals surface area contributed by atoms with E-state index in [-0.39, 0.29) is 17.6 Å². The van der Waals surface area contributed by atoms with E-state index < -0.39 is 12.0 Å². The van der Waals surface area contributed by atoms with Crippen molar-refractivity contribution < 1.29 is 14.7 Å². The van der Waals surface area contributed by atoms with Gasteiger partial charge in [-0.15, -0.1) is 0 Å². The molecule has 0 aromatic heterocycles. The van der Waals surface area contributed by atoms with Crippen LogP contribution in [-0.4, -0.2) is 47.8 Å². The zero-order valence-electron chi connectivity index (χ0n) is 9.06. The number of carbonyl (C=O) groups excluding carboxylic acids is 1. The van der Waals surface area contributed by atoms with Crippen molar-refractivity contribution in [3.05, 3.63) is 0 Å². The largest absolute Gasteiger partial charge is 0.480 e. The normalized spacial score (nSPS) is 22.7. The minimum Gasteiger partial charge on any atom is -0.480 e. The predicted octanol–water partition coefficient (Wildman–Crippen LogP) is -1.41. The van der Waals surface area contributed by atoms with Gasteiger partial charge in [0.2, 0.25) is 0 Å². The molecule has 1 rings (SSSR count). The molecular formula is C9H19N3O3S. The summed E-state index contributed by atoms with van der Waals surface area (Å²) in [6.45, 7) is 1.39. The van der Waals surface area contributed by atoms with E-state index in [0.29, 0.717) is 6.54 Å². The molecule has 1 unspecified atom stereocenters. The maximum absolute atomic E-state index is 10.8. The Bertz CT molecular complexity index is 238. The second-order valence-corrected chi connectivity index (χ2v) is 3.88. The van der Waals surface area contributed by atoms with Gasteiger partial charge in [0.1, 0.15) is 6.04 Å². The Kier molecular flexibility index (Phi) is 8.18. The highest BCUT2D eigenvalue weighted by Gasteiger charge is 2.14. The molecule has 7 heteroatoms. The molecule has 2 atom stereocenters. The summed E-state index contributed by atoms with van der Waals surface area (Å²) >= 11 is 3.65. The summed E-state index contributed by atoms with van der Waals surface area (Å²) in [7, 11) is 0. The topological polar surface area (TPSA) is 118 Å². The van der Waals surface area contributed by atoms with Crippen molar-refractivity contribution in [2.75, 3.05) is 18.8 Å². The van der Waals surface area contributed by atoms with E-state index in [1.165, 1.54) is 0 Å². The first-order valence-corrected chi connectivity index (χ1v) is 5.70. The van der Waals surface area contributed by atoms with Gasteiger partial charge in [-0.05, 0) is 19.4 Å². The highest BCUT2D eigenvalue weighted by atomic mass is 32.1. The predicted molar refractivity (Wildman–Crippen MR) is 64.6 cm³/mol. The van der Waals surface area contributed by atoms with E-state index in [0.717, 1.165) is 19.4 Å². The van der Waals surface area contributed by atoms with Crippen molar-refractivity contribution in [2.45, 2.75) is 24.9 Å². The fourth-order valence-electron chi connectivity index (χ4n) is 1.03. The van der Waals surface area contributed by atoms with Gasteiger partial charge in [-0.3, -0.25) is 9.59 Å². The van der Waals surface area contributed by atoms with Crippen LogP contribution >= 0.6 is 12.6 Å². The average molecular weight is 249 g/mol. The third-order valence-electron chi connectivity index (χ3n) is 2.10. The van der Waals surface area contributed by atoms with Crippen LogP contribution in [0.2, 0.25) is 0 Å². The second-order valence-electron chi connectivity index (χ2n) is 3.52. The molecule has 0 bridgehead atoms. The summed E-state index contributed by atoms with van der Waals surface area (Å²) in [5.74, 6) is -0.669. The third-order valence-corrected chi connectivity index (χ3v) is 2.49. The van der Waals surface area contributed by atoms with Gasteiger partial charge in [0, 0.05) is 5.75 Å². The van der Waals surface area contributed by atoms with Crippen LogP contribution in [0.1, 0.15) is 12.8 Å². The molecule has 6 nitrogen and oxygen atoms in total. The highest BCUT2D eigenvalue weighted by molar-refractivity contribution is 7.80. The van der Waals surface area contributed by atoms with Gasteiger partial charge in [0.15, 0.2) is 5.78 Å². The van der Waals surface area contributed by atoms with Crippen molar-refractivity contribution in [3.63, 3.8) is 0 Å². The van der Waals surface area contributed by atoms with Crippen LogP contribution in [0, 0.1) is 0 Å². The summed E-state index contributed by atoms with van der Waals surface area (Å²) in [5, 5.41) is 11.0. The average Bonchev–Trinajstić information content (AvgIpc) is 2.44. The van der Waals surface area contributed by atoms with Gasteiger partial charge in [-0.2, -0.15) is 12.6 Å². The lowest BCUT2D eigenvalue weighted by Crippen LogP contribution is -2.34. The molecule has 0 saturated carbocycles. The van der Waals surface area contributed by atoms with Gasteiger partial charge < -0.3 is 21.9 Å². The molecule has 1 aliphatic rings. The number of ketones is 1. The first-order chi connectivity index (χ1) is 7.49. The number of hydrogen-bond acceptors (Lipinski definition) is 6. The molecule has 1 aliphatic heterocycles. The number of rotatable bonds is 2. The molecule has 0 aromatic rings. The Labute approximate surface area is 100 Å². The zero-order valence-corrected chi connectivity index (χ0v) is 9.95. The minimum atomic E-state index is -1.00. The molecule has 0 aromatic carbocycles. The van der Waals surface area contributed by atoms with Gasteiger partial charge in [0.25, 0.3) is 0 Å². The molecule has 16 heavy (non-hydrogen) atoms. The van der Waals surface area contributed by atoms with Crippen LogP contribution in [0.3, 0.4) is 0 Å². The van der Waals surface area contributed by atoms with Gasteiger partial charge in [-0.25, -0.2) is 0 Å². The van der Waals surface area contributed by atoms with E-state index in [9.17, 15) is 9.59 Å². The molecule has 94 valence electrons. The molecular weight excluding hydrogens is 230 g/mol. The number of hydrogen-bond donors (Lipinski definition) is 5. The van der Waals surface area contributed by atoms with E-state index in [1.54, 1.807) is 0 Å². The first kappa shape index (κ1) is 15.4. The van der Waals surface area contributed by atoms with Crippen LogP contribution in [0.15, 0.2) is 0 Å². The molecule has 1 fully saturated rings. The lowest BCUT2D eigenvalue weighted by molar-refractivity contribution is -0.137. The Morgan fingerprint density at radius 2 is 2.31 bits per heavy atom. The highest BCUT2D eigenvalue weighted by Crippen LogP contribution is 1.97. The number of thiol groups is 1. The number of carboxylic acids is 1. The lowest BCUT2D eigenvalue weighted by atomic mass is 10.1. The molecule has 0 amide bonds. The number of nitrogens with two attached hydrogens (primary N) is 2. The quantitative estimate of drug-likeness (QED) is 0.384. The Morgan fingerprint density at radius 1 is 1.69 bits per heavy atom. The maximum atomic E-state index is 10.8. The van der Waals surface area contributed by atoms with E-state index >= 15 is 0 Å². The number of nitrogens with one attached hydrogen (secondary N) is 1. The van der Waals surface area contributed by atoms with Crippen molar-refractivity contribution in [1.29, 1.82) is 0 Å². The maximum Gasteiger partial charge on any atom is 0.321 e. The number of carbonyl (C=O) groups is 2. The number of Topliss-reactive ketones (excluding diaryl/α,β-unsaturated/α-hetero) is 1. The fourth-order valence-corrected chi connectivity index (χ4v) is 1.18. The molecule has 1 saturated heterocycles. The summed E-state index contributed by atoms with van der Waals surface area (Å²) < 4.78 is 0. The summed E-state index contributed by atoms with van der Waals surface area (Å²) in [6.07, 6.45) is 1.86. The molecule has 1 heterocycles. The number of aliphatic carboxylic acids is 1. The molecule has 0 spiro atoms. The van der Waals surface area contributed by atoms with Crippen LogP contribution in [0.25, 0.3) is 0 Å². The van der Waals surface area contributed by atoms with Gasteiger partial charge in [-0.1, -0.05) is 0 Å². The van der Waals surface area contributed by atoms with Gasteiger partial charge in [0.05, 0.1) is 12.6 Å². The third kappa shape index (κ3) is 6.78. The Balaban J connectivity index is 0.000000293. The molecule has 0 radical (unpaired) electrons. The SMILES string of the molecule is NC1CCCNCC1=O.N[C@@H](CS)C(=O)O. The lowest BCUT2D eigenvalue weighted by Gasteiger charge is -2.02. The standard InChI is InChI=1S/C6H12N2O.C3H7NO2S/c7-5-2-1-3-8-4-6(5)9;4-2(1-7)3(5)6/h5,8H,1-4,7H2;2,7H,1,4H2,(H,5,6)/t;2-/m.0/s1. The van der Waals surface area contributed by atoms with E-state index in [2.05, 4.69) is 17.9 Å². The van der Waals surface area contributed by atoms with Gasteiger partial charge >= 0.3 is 5.97 Å². The second kappa shape index (κ2) is 8.51. The van der Waals surface area contributed by atoms with E-state index in [4.69, 9.17) is 16.6 Å². The smallest absolute Gasteiger partial charge is 0.321 e. The van der Waals surface area contributed by atoms with Crippen LogP contribution in [0.4, 0.5) is 0 Å². The van der Waals surface area contributed by atoms with Crippen LogP contribution < -0.4 is 16.8 Å². The number of carboxylic acid groups (broad SMARTS) is 1. The Hall–Kier alpha value is -0.630. The summed E-state index contributed by atoms with van der Waals surface area (Å²) in [5.41, 5.74) is 10.4. The van der Waals surface area contributed by atoms with Crippen molar-refractivity contribution in [1.82, 2.24) is 5.32 Å². The monoisotopic (exact) mass is 249 g/mol. The molecule has 0 aliphatic carbocycles. The van der Waals surface area contributed by atoms with Crippen molar-refractivity contribution in [2.24, 2.45) is 11.5 Å². The zero-order chi connectivity index (χ0) is 12.6. The van der Waals surface area contributed by atoms with Crippen LogP contribution in [-0.2, 0) is 9.59 Å². The first-order valence-electron chi connectivity index (χ1n) is 5.07. The van der Waals surface area contributed by atoms with Crippen LogP contribution in [0.5, 0.6) is 0 Å². The summed E-state index contributed by atoms with van der Waals surface area (Å²) in [6, 6.07) is -1.02. The van der Waals surface area contributed by atoms with Crippen molar-refractivity contribution in [3.8, 4) is 0 Å². The fraction of sp³-hybridized carbons (Fsp3) is 0.778. The Morgan fingerprint density at radius 3 is 2.75 bits per heavy atom. The molecule has 6 N–H and O–H groups in total.